The van der Waals surface area contributed by atoms with Crippen LogP contribution in [0.2, 0.25) is 0 Å². The highest BCUT2D eigenvalue weighted by Gasteiger charge is 2.07. The Bertz CT molecular complexity index is 797. The molecule has 3 aromatic rings. The van der Waals surface area contributed by atoms with Gasteiger partial charge in [0.1, 0.15) is 0 Å². The lowest BCUT2D eigenvalue weighted by molar-refractivity contribution is 0.855. The molecule has 0 saturated carbocycles. The van der Waals surface area contributed by atoms with Crippen LogP contribution < -0.4 is 11.3 Å². The quantitative estimate of drug-likeness (QED) is 0.386. The lowest BCUT2D eigenvalue weighted by atomic mass is 10.1. The van der Waals surface area contributed by atoms with Gasteiger partial charge in [-0.05, 0) is 13.0 Å². The summed E-state index contributed by atoms with van der Waals surface area (Å²) in [6.45, 7) is 3.98. The number of hydrogen-bond donors (Lipinski definition) is 3. The number of nitrogen functional groups attached to an aromatic ring is 1. The number of H-pyrrole nitrogens is 1. The van der Waals surface area contributed by atoms with Gasteiger partial charge in [-0.15, -0.1) is 10.2 Å². The minimum absolute atomic E-state index is 0.417. The Morgan fingerprint density at radius 1 is 1.38 bits per heavy atom. The number of benzene rings is 1. The molecule has 3 rings (SSSR count). The number of aryl methyl sites for hydroxylation is 2. The van der Waals surface area contributed by atoms with Crippen molar-refractivity contribution in [2.24, 2.45) is 5.10 Å². The first-order valence-corrected chi connectivity index (χ1v) is 6.76. The van der Waals surface area contributed by atoms with Gasteiger partial charge in [-0.2, -0.15) is 5.10 Å². The summed E-state index contributed by atoms with van der Waals surface area (Å²) in [6, 6.07) is 8.10. The monoisotopic (exact) mass is 283 g/mol. The van der Waals surface area contributed by atoms with Gasteiger partial charge in [-0.1, -0.05) is 25.1 Å². The highest BCUT2D eigenvalue weighted by molar-refractivity contribution is 6.00. The number of aromatic amines is 1. The van der Waals surface area contributed by atoms with E-state index in [4.69, 9.17) is 5.84 Å². The fourth-order valence-electron chi connectivity index (χ4n) is 2.26. The Hall–Kier alpha value is -2.83. The molecule has 0 unspecified atom stereocenters. The zero-order valence-electron chi connectivity index (χ0n) is 12.0. The number of hydrogen-bond acceptors (Lipinski definition) is 5. The molecule has 4 N–H and O–H groups in total. The summed E-state index contributed by atoms with van der Waals surface area (Å²) in [5, 5.41) is 13.2. The van der Waals surface area contributed by atoms with Crippen LogP contribution in [0.4, 0.5) is 5.95 Å². The van der Waals surface area contributed by atoms with E-state index in [1.54, 1.807) is 6.21 Å². The third-order valence-electron chi connectivity index (χ3n) is 3.38. The molecule has 0 saturated heterocycles. The molecule has 108 valence electrons. The first-order chi connectivity index (χ1) is 10.2. The number of anilines is 1. The van der Waals surface area contributed by atoms with E-state index in [0.717, 1.165) is 28.6 Å². The zero-order chi connectivity index (χ0) is 14.8. The fourth-order valence-corrected chi connectivity index (χ4v) is 2.26. The van der Waals surface area contributed by atoms with Crippen molar-refractivity contribution in [3.05, 3.63) is 41.3 Å². The Morgan fingerprint density at radius 2 is 2.19 bits per heavy atom. The van der Waals surface area contributed by atoms with Gasteiger partial charge in [0, 0.05) is 28.6 Å². The van der Waals surface area contributed by atoms with Gasteiger partial charge in [0.2, 0.25) is 0 Å². The molecule has 0 spiro atoms. The first kappa shape index (κ1) is 13.2. The van der Waals surface area contributed by atoms with Crippen molar-refractivity contribution in [1.82, 2.24) is 19.9 Å². The number of para-hydroxylation sites is 1. The normalized spacial score (nSPS) is 11.5. The molecule has 1 aromatic carbocycles. The third-order valence-corrected chi connectivity index (χ3v) is 3.38. The maximum absolute atomic E-state index is 5.84. The van der Waals surface area contributed by atoms with Crippen LogP contribution in [0.3, 0.4) is 0 Å². The van der Waals surface area contributed by atoms with Crippen molar-refractivity contribution in [2.75, 3.05) is 11.3 Å². The molecule has 21 heavy (non-hydrogen) atoms. The number of aromatic nitrogens is 4. The highest BCUT2D eigenvalue weighted by Crippen LogP contribution is 2.19. The maximum atomic E-state index is 5.84. The Labute approximate surface area is 121 Å². The largest absolute Gasteiger partial charge is 0.358 e. The second-order valence-electron chi connectivity index (χ2n) is 4.74. The first-order valence-electron chi connectivity index (χ1n) is 6.76. The molecule has 0 aliphatic carbocycles. The van der Waals surface area contributed by atoms with Crippen molar-refractivity contribution in [3.8, 4) is 0 Å². The average molecular weight is 283 g/mol. The predicted octanol–water partition coefficient (Wildman–Crippen LogP) is 1.79. The van der Waals surface area contributed by atoms with Gasteiger partial charge in [0.15, 0.2) is 5.82 Å². The molecular weight excluding hydrogens is 266 g/mol. The number of nitrogens with two attached hydrogens (primary N) is 1. The summed E-state index contributed by atoms with van der Waals surface area (Å²) in [4.78, 5) is 3.32. The summed E-state index contributed by atoms with van der Waals surface area (Å²) in [6.07, 6.45) is 2.48. The molecule has 7 heteroatoms. The van der Waals surface area contributed by atoms with E-state index >= 15 is 0 Å². The summed E-state index contributed by atoms with van der Waals surface area (Å²) in [5.41, 5.74) is 6.01. The molecule has 0 bridgehead atoms. The minimum atomic E-state index is 0.417. The molecule has 0 radical (unpaired) electrons. The fraction of sp³-hybridized carbons (Fsp3) is 0.214. The van der Waals surface area contributed by atoms with E-state index in [1.165, 1.54) is 4.68 Å². The highest BCUT2D eigenvalue weighted by atomic mass is 15.5. The average Bonchev–Trinajstić information content (AvgIpc) is 3.00. The molecule has 7 nitrogen and oxygen atoms in total. The summed E-state index contributed by atoms with van der Waals surface area (Å²) < 4.78 is 1.40. The zero-order valence-corrected chi connectivity index (χ0v) is 12.0. The topological polar surface area (TPSA) is 96.9 Å². The molecule has 0 amide bonds. The standard InChI is InChI=1S/C14H17N7/c1-3-13-18-20-14(21(13)15)19-16-8-11-9(2)17-12-7-5-4-6-10(11)12/h4-8,17H,3,15H2,1-2H3,(H,19,20). The van der Waals surface area contributed by atoms with Crippen LogP contribution in [0.25, 0.3) is 10.9 Å². The van der Waals surface area contributed by atoms with Crippen LogP contribution in [0.1, 0.15) is 24.0 Å². The van der Waals surface area contributed by atoms with Crippen LogP contribution in [0.5, 0.6) is 0 Å². The van der Waals surface area contributed by atoms with Gasteiger partial charge < -0.3 is 10.8 Å². The van der Waals surface area contributed by atoms with Crippen molar-refractivity contribution in [2.45, 2.75) is 20.3 Å². The van der Waals surface area contributed by atoms with Gasteiger partial charge in [0.05, 0.1) is 6.21 Å². The van der Waals surface area contributed by atoms with Crippen molar-refractivity contribution >= 4 is 23.1 Å². The summed E-state index contributed by atoms with van der Waals surface area (Å²) in [7, 11) is 0. The molecular formula is C14H17N7. The van der Waals surface area contributed by atoms with Crippen LogP contribution in [0.15, 0.2) is 29.4 Å². The number of hydrazone groups is 1. The van der Waals surface area contributed by atoms with E-state index in [2.05, 4.69) is 31.8 Å². The second-order valence-corrected chi connectivity index (χ2v) is 4.74. The Morgan fingerprint density at radius 3 is 2.95 bits per heavy atom. The SMILES string of the molecule is CCc1nnc(NN=Cc2c(C)[nH]c3ccccc23)n1N. The second kappa shape index (κ2) is 5.28. The van der Waals surface area contributed by atoms with E-state index in [0.29, 0.717) is 11.8 Å². The van der Waals surface area contributed by atoms with Gasteiger partial charge in [-0.3, -0.25) is 0 Å². The van der Waals surface area contributed by atoms with Crippen LogP contribution >= 0.6 is 0 Å². The molecule has 0 atom stereocenters. The molecule has 2 heterocycles. The van der Waals surface area contributed by atoms with Crippen LogP contribution in [-0.2, 0) is 6.42 Å². The van der Waals surface area contributed by atoms with Crippen molar-refractivity contribution in [3.63, 3.8) is 0 Å². The van der Waals surface area contributed by atoms with Crippen molar-refractivity contribution in [1.29, 1.82) is 0 Å². The predicted molar refractivity (Wildman–Crippen MR) is 83.8 cm³/mol. The van der Waals surface area contributed by atoms with Crippen molar-refractivity contribution < 1.29 is 0 Å². The number of nitrogens with zero attached hydrogens (tertiary/aromatic N) is 4. The number of rotatable bonds is 4. The van der Waals surface area contributed by atoms with E-state index in [1.807, 2.05) is 32.0 Å². The lowest BCUT2D eigenvalue weighted by Crippen LogP contribution is -2.14. The minimum Gasteiger partial charge on any atom is -0.358 e. The molecule has 0 aliphatic rings. The number of nitrogens with one attached hydrogen (secondary N) is 2. The van der Waals surface area contributed by atoms with E-state index in [9.17, 15) is 0 Å². The summed E-state index contributed by atoms with van der Waals surface area (Å²) >= 11 is 0. The van der Waals surface area contributed by atoms with Gasteiger partial charge in [-0.25, -0.2) is 10.1 Å². The Kier molecular flexibility index (Phi) is 3.31. The third kappa shape index (κ3) is 2.33. The van der Waals surface area contributed by atoms with Gasteiger partial charge >= 0.3 is 0 Å². The molecule has 0 fully saturated rings. The summed E-state index contributed by atoms with van der Waals surface area (Å²) in [5.74, 6) is 6.96. The molecule has 2 aromatic heterocycles. The Balaban J connectivity index is 1.85. The smallest absolute Gasteiger partial charge is 0.263 e. The van der Waals surface area contributed by atoms with Gasteiger partial charge in [0.25, 0.3) is 5.95 Å². The van der Waals surface area contributed by atoms with E-state index in [-0.39, 0.29) is 0 Å². The maximum Gasteiger partial charge on any atom is 0.263 e. The van der Waals surface area contributed by atoms with E-state index < -0.39 is 0 Å². The van der Waals surface area contributed by atoms with Crippen LogP contribution in [-0.4, -0.2) is 26.1 Å². The molecule has 0 aliphatic heterocycles. The van der Waals surface area contributed by atoms with Crippen LogP contribution in [0, 0.1) is 6.92 Å². The lowest BCUT2D eigenvalue weighted by Gasteiger charge is -2.00. The number of fused-ring (bicyclic) bond motifs is 1.